The van der Waals surface area contributed by atoms with Gasteiger partial charge in [0.2, 0.25) is 17.8 Å². The number of amides is 5. The summed E-state index contributed by atoms with van der Waals surface area (Å²) < 4.78 is 13.6. The van der Waals surface area contributed by atoms with E-state index in [0.717, 1.165) is 41.5 Å². The highest BCUT2D eigenvalue weighted by molar-refractivity contribution is 6.33. The molecule has 0 bridgehead atoms. The van der Waals surface area contributed by atoms with Crippen LogP contribution >= 0.6 is 11.6 Å². The third-order valence-electron chi connectivity index (χ3n) is 11.7. The second kappa shape index (κ2) is 17.3. The number of rotatable bonds is 12. The summed E-state index contributed by atoms with van der Waals surface area (Å²) in [5.74, 6) is -0.960. The summed E-state index contributed by atoms with van der Waals surface area (Å²) in [6.07, 6.45) is 5.18. The van der Waals surface area contributed by atoms with Crippen molar-refractivity contribution in [3.63, 3.8) is 0 Å². The van der Waals surface area contributed by atoms with Crippen LogP contribution in [-0.4, -0.2) is 108 Å². The lowest BCUT2D eigenvalue weighted by atomic mass is 9.96. The molecule has 18 heteroatoms. The molecule has 0 radical (unpaired) electrons. The minimum Gasteiger partial charge on any atom is -0.478 e. The number of ether oxygens (including phenoxy) is 2. The van der Waals surface area contributed by atoms with E-state index in [9.17, 15) is 28.8 Å². The highest BCUT2D eigenvalue weighted by Crippen LogP contribution is 2.36. The van der Waals surface area contributed by atoms with Gasteiger partial charge in [-0.1, -0.05) is 17.7 Å². The first-order valence-electron chi connectivity index (χ1n) is 20.3. The predicted molar refractivity (Wildman–Crippen MR) is 223 cm³/mol. The smallest absolute Gasteiger partial charge is 0.293 e. The van der Waals surface area contributed by atoms with Crippen LogP contribution in [0.5, 0.6) is 5.75 Å². The van der Waals surface area contributed by atoms with E-state index in [2.05, 4.69) is 30.7 Å². The van der Waals surface area contributed by atoms with Gasteiger partial charge in [-0.25, -0.2) is 4.98 Å². The molecule has 2 aromatic carbocycles. The maximum atomic E-state index is 13.6. The van der Waals surface area contributed by atoms with Gasteiger partial charge in [-0.3, -0.25) is 39.0 Å². The number of pyridine rings is 1. The highest BCUT2D eigenvalue weighted by Gasteiger charge is 2.46. The molecule has 0 spiro atoms. The summed E-state index contributed by atoms with van der Waals surface area (Å²) in [4.78, 5) is 90.5. The number of fused-ring (bicyclic) bond motifs is 2. The lowest BCUT2D eigenvalue weighted by molar-refractivity contribution is -0.136. The molecular weight excluding hydrogens is 794 g/mol. The quantitative estimate of drug-likeness (QED) is 0.175. The van der Waals surface area contributed by atoms with Crippen molar-refractivity contribution in [1.82, 2.24) is 30.1 Å². The second-order valence-corrected chi connectivity index (χ2v) is 15.8. The van der Waals surface area contributed by atoms with Crippen molar-refractivity contribution in [2.45, 2.75) is 64.1 Å². The minimum atomic E-state index is -1.00. The SMILES string of the molecule is CCn1c(=O)c(OCC(=O)NC)cc2cc(Nc3nc(N4CCC(OCC5CCN(c6cccc7c6C(=O)N(C6CCC(=O)NC6=O)C7=O)CC5)CC4)ncc3Cl)ccc21. The number of nitrogens with zero attached hydrogens (tertiary/aromatic N) is 6. The molecule has 1 unspecified atom stereocenters. The Bertz CT molecular complexity index is 2430. The minimum absolute atomic E-state index is 0.0739. The Kier molecular flexibility index (Phi) is 11.7. The second-order valence-electron chi connectivity index (χ2n) is 15.4. The summed E-state index contributed by atoms with van der Waals surface area (Å²) in [6, 6.07) is 11.4. The molecule has 4 aromatic rings. The first-order valence-corrected chi connectivity index (χ1v) is 20.7. The fraction of sp³-hybridized carbons (Fsp3) is 0.429. The number of aryl methyl sites for hydroxylation is 1. The first kappa shape index (κ1) is 40.7. The topological polar surface area (TPSA) is 197 Å². The Hall–Kier alpha value is -6.07. The summed E-state index contributed by atoms with van der Waals surface area (Å²) in [7, 11) is 1.50. The Morgan fingerprint density at radius 2 is 1.72 bits per heavy atom. The maximum Gasteiger partial charge on any atom is 0.293 e. The zero-order chi connectivity index (χ0) is 42.1. The number of nitrogens with one attached hydrogen (secondary N) is 3. The lowest BCUT2D eigenvalue weighted by Gasteiger charge is -2.36. The number of hydrogen-bond donors (Lipinski definition) is 3. The van der Waals surface area contributed by atoms with Crippen LogP contribution in [0.1, 0.15) is 66.2 Å². The molecule has 60 heavy (non-hydrogen) atoms. The number of halogens is 1. The van der Waals surface area contributed by atoms with E-state index >= 15 is 0 Å². The van der Waals surface area contributed by atoms with Gasteiger partial charge in [0.05, 0.1) is 34.6 Å². The number of hydrogen-bond acceptors (Lipinski definition) is 13. The van der Waals surface area contributed by atoms with Gasteiger partial charge < -0.3 is 34.5 Å². The molecule has 314 valence electrons. The molecule has 3 N–H and O–H groups in total. The lowest BCUT2D eigenvalue weighted by Crippen LogP contribution is -2.54. The number of likely N-dealkylation sites (N-methyl/N-ethyl adjacent to an activating group) is 1. The number of aromatic nitrogens is 3. The van der Waals surface area contributed by atoms with E-state index in [-0.39, 0.29) is 48.3 Å². The predicted octanol–water partition coefficient (Wildman–Crippen LogP) is 3.64. The standard InChI is InChI=1S/C42H46ClN9O8/c1-3-51-30-8-7-26(19-25(30)20-33(40(51)57)60-23-35(54)44-2)46-37-29(43)21-45-42(48-37)50-17-13-27(14-18-50)59-22-24-11-15-49(16-12-24)31-6-4-5-28-36(31)41(58)52(39(28)56)32-9-10-34(53)47-38(32)55/h4-8,19-21,24,27,32H,3,9-18,22-23H2,1-2H3,(H,44,54)(H,45,46,48)(H,47,53,55). The fourth-order valence-electron chi connectivity index (χ4n) is 8.40. The number of carbonyl (C=O) groups is 5. The average Bonchev–Trinajstić information content (AvgIpc) is 3.51. The fourth-order valence-corrected chi connectivity index (χ4v) is 8.54. The molecule has 8 rings (SSSR count). The van der Waals surface area contributed by atoms with E-state index in [1.54, 1.807) is 29.0 Å². The van der Waals surface area contributed by atoms with Crippen LogP contribution in [0.3, 0.4) is 0 Å². The molecule has 4 aliphatic rings. The third kappa shape index (κ3) is 8.10. The number of anilines is 4. The molecule has 3 saturated heterocycles. The molecule has 3 fully saturated rings. The van der Waals surface area contributed by atoms with Crippen LogP contribution in [0.2, 0.25) is 5.02 Å². The summed E-state index contributed by atoms with van der Waals surface area (Å²) in [5.41, 5.74) is 2.39. The van der Waals surface area contributed by atoms with Crippen molar-refractivity contribution in [2.24, 2.45) is 5.92 Å². The van der Waals surface area contributed by atoms with E-state index in [4.69, 9.17) is 26.1 Å². The number of carbonyl (C=O) groups excluding carboxylic acids is 5. The largest absolute Gasteiger partial charge is 0.478 e. The molecular formula is C42H46ClN9O8. The molecule has 0 saturated carbocycles. The Balaban J connectivity index is 0.839. The van der Waals surface area contributed by atoms with Crippen molar-refractivity contribution in [1.29, 1.82) is 0 Å². The van der Waals surface area contributed by atoms with Crippen LogP contribution in [0.4, 0.5) is 23.1 Å². The average molecular weight is 840 g/mol. The van der Waals surface area contributed by atoms with Crippen LogP contribution in [0, 0.1) is 5.92 Å². The van der Waals surface area contributed by atoms with Gasteiger partial charge >= 0.3 is 0 Å². The van der Waals surface area contributed by atoms with Crippen LogP contribution in [0.25, 0.3) is 10.9 Å². The van der Waals surface area contributed by atoms with Crippen molar-refractivity contribution in [3.8, 4) is 5.75 Å². The van der Waals surface area contributed by atoms with E-state index in [1.807, 2.05) is 31.2 Å². The highest BCUT2D eigenvalue weighted by atomic mass is 35.5. The molecule has 1 atom stereocenters. The van der Waals surface area contributed by atoms with Gasteiger partial charge in [-0.05, 0) is 81.3 Å². The first-order chi connectivity index (χ1) is 29.0. The van der Waals surface area contributed by atoms with Gasteiger partial charge in [0.1, 0.15) is 11.1 Å². The van der Waals surface area contributed by atoms with Crippen molar-refractivity contribution < 1.29 is 33.4 Å². The summed E-state index contributed by atoms with van der Waals surface area (Å²) in [5, 5.41) is 9.12. The number of benzene rings is 2. The van der Waals surface area contributed by atoms with Crippen molar-refractivity contribution in [3.05, 3.63) is 75.2 Å². The number of piperidine rings is 3. The zero-order valence-electron chi connectivity index (χ0n) is 33.4. The van der Waals surface area contributed by atoms with Crippen LogP contribution in [-0.2, 0) is 25.7 Å². The Morgan fingerprint density at radius 3 is 2.45 bits per heavy atom. The van der Waals surface area contributed by atoms with Crippen molar-refractivity contribution in [2.75, 3.05) is 61.6 Å². The van der Waals surface area contributed by atoms with Crippen molar-refractivity contribution >= 4 is 75.2 Å². The molecule has 6 heterocycles. The monoisotopic (exact) mass is 839 g/mol. The molecule has 0 aliphatic carbocycles. The van der Waals surface area contributed by atoms with Gasteiger partial charge in [0, 0.05) is 63.9 Å². The van der Waals surface area contributed by atoms with Gasteiger partial charge in [0.25, 0.3) is 23.3 Å². The van der Waals surface area contributed by atoms with E-state index in [0.29, 0.717) is 79.0 Å². The molecule has 5 amide bonds. The zero-order valence-corrected chi connectivity index (χ0v) is 34.1. The van der Waals surface area contributed by atoms with Crippen LogP contribution < -0.4 is 36.0 Å². The normalized spacial score (nSPS) is 18.9. The molecule has 17 nitrogen and oxygen atoms in total. The Labute approximate surface area is 350 Å². The maximum absolute atomic E-state index is 13.6. The molecule has 4 aliphatic heterocycles. The Morgan fingerprint density at radius 1 is 0.950 bits per heavy atom. The number of imide groups is 2. The van der Waals surface area contributed by atoms with Gasteiger partial charge in [0.15, 0.2) is 18.2 Å². The third-order valence-corrected chi connectivity index (χ3v) is 12.0. The van der Waals surface area contributed by atoms with Gasteiger partial charge in [-0.15, -0.1) is 0 Å². The van der Waals surface area contributed by atoms with Crippen LogP contribution in [0.15, 0.2) is 53.5 Å². The summed E-state index contributed by atoms with van der Waals surface area (Å²) >= 11 is 6.56. The van der Waals surface area contributed by atoms with E-state index < -0.39 is 29.7 Å². The summed E-state index contributed by atoms with van der Waals surface area (Å²) in [6.45, 7) is 5.44. The van der Waals surface area contributed by atoms with E-state index in [1.165, 1.54) is 7.05 Å². The molecule has 2 aromatic heterocycles. The van der Waals surface area contributed by atoms with Gasteiger partial charge in [-0.2, -0.15) is 4.98 Å².